The standard InChI is InChI=1S/C9H15NO4/c1-6(10-9(12)13)5-14-8-2-7(3-8)4-11/h4,6-8,10H,2-3,5H2,1H3,(H,12,13). The first-order valence-corrected chi connectivity index (χ1v) is 4.68. The van der Waals surface area contributed by atoms with Crippen molar-refractivity contribution in [2.75, 3.05) is 6.61 Å². The van der Waals surface area contributed by atoms with Crippen molar-refractivity contribution >= 4 is 12.4 Å². The Morgan fingerprint density at radius 3 is 2.86 bits per heavy atom. The Morgan fingerprint density at radius 2 is 2.36 bits per heavy atom. The first kappa shape index (κ1) is 11.0. The number of carbonyl (C=O) groups excluding carboxylic acids is 1. The van der Waals surface area contributed by atoms with Crippen LogP contribution in [0.1, 0.15) is 19.8 Å². The van der Waals surface area contributed by atoms with Crippen molar-refractivity contribution in [1.82, 2.24) is 5.32 Å². The van der Waals surface area contributed by atoms with E-state index in [0.29, 0.717) is 6.61 Å². The van der Waals surface area contributed by atoms with Crippen molar-refractivity contribution in [1.29, 1.82) is 0 Å². The number of carboxylic acid groups (broad SMARTS) is 1. The van der Waals surface area contributed by atoms with E-state index in [9.17, 15) is 9.59 Å². The molecule has 0 bridgehead atoms. The second-order valence-corrected chi connectivity index (χ2v) is 3.67. The Labute approximate surface area is 82.4 Å². The minimum absolute atomic E-state index is 0.128. The molecule has 1 rings (SSSR count). The topological polar surface area (TPSA) is 75.6 Å². The first-order chi connectivity index (χ1) is 6.61. The molecule has 80 valence electrons. The van der Waals surface area contributed by atoms with Gasteiger partial charge in [0.15, 0.2) is 0 Å². The normalized spacial score (nSPS) is 27.5. The highest BCUT2D eigenvalue weighted by atomic mass is 16.5. The third kappa shape index (κ3) is 3.33. The number of carbonyl (C=O) groups is 2. The van der Waals surface area contributed by atoms with Crippen LogP contribution in [0.15, 0.2) is 0 Å². The lowest BCUT2D eigenvalue weighted by Gasteiger charge is -2.32. The summed E-state index contributed by atoms with van der Waals surface area (Å²) < 4.78 is 5.39. The van der Waals surface area contributed by atoms with Gasteiger partial charge in [0, 0.05) is 5.92 Å². The number of ether oxygens (including phenoxy) is 1. The predicted molar refractivity (Wildman–Crippen MR) is 49.2 cm³/mol. The highest BCUT2D eigenvalue weighted by Crippen LogP contribution is 2.27. The molecule has 0 heterocycles. The van der Waals surface area contributed by atoms with Crippen molar-refractivity contribution in [2.45, 2.75) is 31.9 Å². The van der Waals surface area contributed by atoms with E-state index < -0.39 is 6.09 Å². The summed E-state index contributed by atoms with van der Waals surface area (Å²) in [5.41, 5.74) is 0. The molecule has 1 aliphatic carbocycles. The number of aldehydes is 1. The van der Waals surface area contributed by atoms with Gasteiger partial charge in [0.25, 0.3) is 0 Å². The van der Waals surface area contributed by atoms with E-state index in [-0.39, 0.29) is 18.1 Å². The molecule has 0 aromatic carbocycles. The van der Waals surface area contributed by atoms with Crippen LogP contribution >= 0.6 is 0 Å². The smallest absolute Gasteiger partial charge is 0.404 e. The maximum atomic E-state index is 10.3. The monoisotopic (exact) mass is 201 g/mol. The number of hydrogen-bond donors (Lipinski definition) is 2. The highest BCUT2D eigenvalue weighted by Gasteiger charge is 2.29. The van der Waals surface area contributed by atoms with Gasteiger partial charge in [-0.25, -0.2) is 4.79 Å². The fourth-order valence-corrected chi connectivity index (χ4v) is 1.39. The average Bonchev–Trinajstić information content (AvgIpc) is 2.00. The van der Waals surface area contributed by atoms with E-state index in [0.717, 1.165) is 19.1 Å². The predicted octanol–water partition coefficient (Wildman–Crippen LogP) is 0.637. The molecule has 1 amide bonds. The summed E-state index contributed by atoms with van der Waals surface area (Å²) in [6.45, 7) is 2.10. The molecule has 1 aliphatic rings. The van der Waals surface area contributed by atoms with Crippen molar-refractivity contribution in [3.63, 3.8) is 0 Å². The zero-order valence-electron chi connectivity index (χ0n) is 8.10. The average molecular weight is 201 g/mol. The van der Waals surface area contributed by atoms with Crippen LogP contribution < -0.4 is 5.32 Å². The molecule has 1 unspecified atom stereocenters. The summed E-state index contributed by atoms with van der Waals surface area (Å²) >= 11 is 0. The maximum Gasteiger partial charge on any atom is 0.404 e. The number of hydrogen-bond acceptors (Lipinski definition) is 3. The Morgan fingerprint density at radius 1 is 1.71 bits per heavy atom. The molecule has 0 aromatic rings. The minimum Gasteiger partial charge on any atom is -0.465 e. The number of amides is 1. The van der Waals surface area contributed by atoms with Gasteiger partial charge < -0.3 is 20.0 Å². The largest absolute Gasteiger partial charge is 0.465 e. The molecule has 5 heteroatoms. The van der Waals surface area contributed by atoms with E-state index in [2.05, 4.69) is 5.32 Å². The van der Waals surface area contributed by atoms with Gasteiger partial charge >= 0.3 is 6.09 Å². The first-order valence-electron chi connectivity index (χ1n) is 4.68. The quantitative estimate of drug-likeness (QED) is 0.640. The summed E-state index contributed by atoms with van der Waals surface area (Å²) in [7, 11) is 0. The Hall–Kier alpha value is -1.10. The van der Waals surface area contributed by atoms with Crippen LogP contribution in [0.3, 0.4) is 0 Å². The molecular weight excluding hydrogens is 186 g/mol. The zero-order valence-corrected chi connectivity index (χ0v) is 8.10. The van der Waals surface area contributed by atoms with E-state index in [1.165, 1.54) is 0 Å². The van der Waals surface area contributed by atoms with E-state index in [1.54, 1.807) is 6.92 Å². The fourth-order valence-electron chi connectivity index (χ4n) is 1.39. The molecule has 0 aromatic heterocycles. The highest BCUT2D eigenvalue weighted by molar-refractivity contribution is 5.64. The second-order valence-electron chi connectivity index (χ2n) is 3.67. The van der Waals surface area contributed by atoms with Gasteiger partial charge in [0.05, 0.1) is 18.8 Å². The lowest BCUT2D eigenvalue weighted by molar-refractivity contribution is -0.119. The second kappa shape index (κ2) is 4.95. The van der Waals surface area contributed by atoms with Crippen molar-refractivity contribution in [3.05, 3.63) is 0 Å². The van der Waals surface area contributed by atoms with Crippen molar-refractivity contribution in [2.24, 2.45) is 5.92 Å². The van der Waals surface area contributed by atoms with Crippen LogP contribution in [0.5, 0.6) is 0 Å². The fraction of sp³-hybridized carbons (Fsp3) is 0.778. The van der Waals surface area contributed by atoms with E-state index >= 15 is 0 Å². The maximum absolute atomic E-state index is 10.3. The summed E-state index contributed by atoms with van der Waals surface area (Å²) in [4.78, 5) is 20.5. The van der Waals surface area contributed by atoms with Gasteiger partial charge in [0.1, 0.15) is 6.29 Å². The molecule has 0 aliphatic heterocycles. The van der Waals surface area contributed by atoms with Gasteiger partial charge in [-0.15, -0.1) is 0 Å². The van der Waals surface area contributed by atoms with Gasteiger partial charge in [0.2, 0.25) is 0 Å². The molecule has 5 nitrogen and oxygen atoms in total. The van der Waals surface area contributed by atoms with Crippen LogP contribution in [-0.2, 0) is 9.53 Å². The van der Waals surface area contributed by atoms with E-state index in [4.69, 9.17) is 9.84 Å². The molecule has 1 saturated carbocycles. The van der Waals surface area contributed by atoms with Gasteiger partial charge in [-0.1, -0.05) is 0 Å². The van der Waals surface area contributed by atoms with Gasteiger partial charge in [-0.2, -0.15) is 0 Å². The van der Waals surface area contributed by atoms with E-state index in [1.807, 2.05) is 0 Å². The summed E-state index contributed by atoms with van der Waals surface area (Å²) in [6, 6.07) is -0.206. The third-order valence-electron chi connectivity index (χ3n) is 2.28. The van der Waals surface area contributed by atoms with Crippen LogP contribution in [-0.4, -0.2) is 36.2 Å². The summed E-state index contributed by atoms with van der Waals surface area (Å²) in [5.74, 6) is 0.141. The van der Waals surface area contributed by atoms with Crippen LogP contribution in [0.4, 0.5) is 4.79 Å². The number of nitrogens with one attached hydrogen (secondary N) is 1. The molecule has 0 saturated heterocycles. The molecule has 0 radical (unpaired) electrons. The Kier molecular flexibility index (Phi) is 3.88. The molecule has 1 atom stereocenters. The molecule has 0 spiro atoms. The minimum atomic E-state index is -1.04. The molecule has 2 N–H and O–H groups in total. The number of rotatable bonds is 5. The van der Waals surface area contributed by atoms with Crippen LogP contribution in [0.2, 0.25) is 0 Å². The molecule has 14 heavy (non-hydrogen) atoms. The van der Waals surface area contributed by atoms with Crippen LogP contribution in [0.25, 0.3) is 0 Å². The van der Waals surface area contributed by atoms with Gasteiger partial charge in [-0.05, 0) is 19.8 Å². The van der Waals surface area contributed by atoms with Crippen molar-refractivity contribution in [3.8, 4) is 0 Å². The molecular formula is C9H15NO4. The SMILES string of the molecule is CC(COC1CC(C=O)C1)NC(=O)O. The van der Waals surface area contributed by atoms with Crippen LogP contribution in [0, 0.1) is 5.92 Å². The zero-order chi connectivity index (χ0) is 10.6. The van der Waals surface area contributed by atoms with Crippen molar-refractivity contribution < 1.29 is 19.4 Å². The summed E-state index contributed by atoms with van der Waals surface area (Å²) in [5, 5.41) is 10.7. The molecule has 1 fully saturated rings. The van der Waals surface area contributed by atoms with Gasteiger partial charge in [-0.3, -0.25) is 0 Å². The Bertz CT molecular complexity index is 213. The summed E-state index contributed by atoms with van der Waals surface area (Å²) in [6.07, 6.45) is 1.56. The Balaban J connectivity index is 2.04. The lowest BCUT2D eigenvalue weighted by atomic mass is 9.83. The third-order valence-corrected chi connectivity index (χ3v) is 2.28. The lowest BCUT2D eigenvalue weighted by Crippen LogP contribution is -2.39.